The fraction of sp³-hybridized carbons (Fsp3) is 0.385. The molecule has 2 aliphatic heterocycles. The molecule has 3 aromatic rings. The third kappa shape index (κ3) is 4.31. The van der Waals surface area contributed by atoms with Crippen LogP contribution in [0.25, 0.3) is 11.0 Å². The molecule has 7 nitrogen and oxygen atoms in total. The highest BCUT2D eigenvalue weighted by molar-refractivity contribution is 6.31. The Morgan fingerprint density at radius 3 is 2.76 bits per heavy atom. The van der Waals surface area contributed by atoms with Crippen molar-refractivity contribution in [2.24, 2.45) is 0 Å². The van der Waals surface area contributed by atoms with Crippen molar-refractivity contribution in [3.63, 3.8) is 0 Å². The highest BCUT2D eigenvalue weighted by Crippen LogP contribution is 2.39. The second-order valence-electron chi connectivity index (χ2n) is 8.69. The minimum Gasteiger partial charge on any atom is -0.494 e. The molecule has 2 aromatic carbocycles. The van der Waals surface area contributed by atoms with Gasteiger partial charge in [-0.15, -0.1) is 0 Å². The average molecular weight is 484 g/mol. The largest absolute Gasteiger partial charge is 0.494 e. The third-order valence-corrected chi connectivity index (χ3v) is 6.78. The quantitative estimate of drug-likeness (QED) is 0.559. The number of halogens is 1. The van der Waals surface area contributed by atoms with Crippen molar-refractivity contribution in [3.8, 4) is 5.75 Å². The molecule has 5 rings (SSSR count). The number of carbonyl (C=O) groups excluding carboxylic acids is 1. The van der Waals surface area contributed by atoms with E-state index in [-0.39, 0.29) is 17.1 Å². The molecule has 1 N–H and O–H groups in total. The van der Waals surface area contributed by atoms with Crippen LogP contribution in [0.5, 0.6) is 5.75 Å². The predicted molar refractivity (Wildman–Crippen MR) is 129 cm³/mol. The molecule has 178 valence electrons. The van der Waals surface area contributed by atoms with Gasteiger partial charge in [0.1, 0.15) is 24.4 Å². The smallest absolute Gasteiger partial charge is 0.290 e. The van der Waals surface area contributed by atoms with E-state index in [1.54, 1.807) is 23.1 Å². The molecule has 1 atom stereocenters. The van der Waals surface area contributed by atoms with Crippen LogP contribution in [0, 0.1) is 0 Å². The maximum Gasteiger partial charge on any atom is 0.290 e. The highest BCUT2D eigenvalue weighted by Gasteiger charge is 2.42. The lowest BCUT2D eigenvalue weighted by Gasteiger charge is -2.27. The number of fused-ring (bicyclic) bond motifs is 2. The number of rotatable bonds is 7. The van der Waals surface area contributed by atoms with E-state index in [0.717, 1.165) is 44.8 Å². The van der Waals surface area contributed by atoms with E-state index in [2.05, 4.69) is 0 Å². The zero-order chi connectivity index (χ0) is 23.7. The fourth-order valence-corrected chi connectivity index (χ4v) is 5.09. The second-order valence-corrected chi connectivity index (χ2v) is 9.12. The Balaban J connectivity index is 1.54. The van der Waals surface area contributed by atoms with Gasteiger partial charge in [0.25, 0.3) is 5.91 Å². The SMILES string of the molecule is CCOc1cccc([C@@H]2c3c(oc4ccc(Cl)cc4c3=O)C(=O)N2CCC[NH+]2CCOCC2)c1. The van der Waals surface area contributed by atoms with E-state index >= 15 is 0 Å². The van der Waals surface area contributed by atoms with Gasteiger partial charge in [0, 0.05) is 18.0 Å². The lowest BCUT2D eigenvalue weighted by Crippen LogP contribution is -3.14. The number of nitrogens with zero attached hydrogens (tertiary/aromatic N) is 1. The molecule has 1 fully saturated rings. The monoisotopic (exact) mass is 483 g/mol. The van der Waals surface area contributed by atoms with E-state index in [4.69, 9.17) is 25.5 Å². The normalized spacial score (nSPS) is 18.5. The van der Waals surface area contributed by atoms with Gasteiger partial charge in [0.15, 0.2) is 5.43 Å². The van der Waals surface area contributed by atoms with Crippen LogP contribution in [-0.2, 0) is 4.74 Å². The summed E-state index contributed by atoms with van der Waals surface area (Å²) in [4.78, 5) is 30.4. The Morgan fingerprint density at radius 1 is 1.15 bits per heavy atom. The van der Waals surface area contributed by atoms with E-state index in [9.17, 15) is 9.59 Å². The Morgan fingerprint density at radius 2 is 1.97 bits per heavy atom. The summed E-state index contributed by atoms with van der Waals surface area (Å²) in [5.74, 6) is 0.560. The molecule has 0 spiro atoms. The van der Waals surface area contributed by atoms with E-state index < -0.39 is 6.04 Å². The second kappa shape index (κ2) is 9.78. The Labute approximate surface area is 202 Å². The van der Waals surface area contributed by atoms with Crippen LogP contribution in [-0.4, -0.2) is 56.8 Å². The summed E-state index contributed by atoms with van der Waals surface area (Å²) >= 11 is 6.16. The summed E-state index contributed by atoms with van der Waals surface area (Å²) in [7, 11) is 0. The number of benzene rings is 2. The minimum atomic E-state index is -0.540. The van der Waals surface area contributed by atoms with Crippen molar-refractivity contribution in [1.82, 2.24) is 4.90 Å². The first-order valence-corrected chi connectivity index (χ1v) is 12.2. The fourth-order valence-electron chi connectivity index (χ4n) is 4.92. The van der Waals surface area contributed by atoms with Gasteiger partial charge in [-0.25, -0.2) is 0 Å². The molecule has 0 radical (unpaired) electrons. The van der Waals surface area contributed by atoms with Crippen molar-refractivity contribution >= 4 is 28.5 Å². The Hall–Kier alpha value is -2.87. The van der Waals surface area contributed by atoms with Crippen LogP contribution in [0.2, 0.25) is 5.02 Å². The number of nitrogens with one attached hydrogen (secondary N) is 1. The van der Waals surface area contributed by atoms with Crippen molar-refractivity contribution in [3.05, 3.63) is 74.6 Å². The van der Waals surface area contributed by atoms with E-state index in [0.29, 0.717) is 40.5 Å². The van der Waals surface area contributed by atoms with Crippen LogP contribution >= 0.6 is 11.6 Å². The predicted octanol–water partition coefficient (Wildman–Crippen LogP) is 2.70. The maximum absolute atomic E-state index is 13.6. The third-order valence-electron chi connectivity index (χ3n) is 6.54. The first-order chi connectivity index (χ1) is 16.6. The van der Waals surface area contributed by atoms with Gasteiger partial charge < -0.3 is 23.7 Å². The van der Waals surface area contributed by atoms with Crippen LogP contribution in [0.15, 0.2) is 51.7 Å². The number of hydrogen-bond acceptors (Lipinski definition) is 5. The van der Waals surface area contributed by atoms with Crippen molar-refractivity contribution < 1.29 is 23.6 Å². The molecule has 0 unspecified atom stereocenters. The Bertz CT molecular complexity index is 1270. The van der Waals surface area contributed by atoms with E-state index in [1.165, 1.54) is 4.90 Å². The lowest BCUT2D eigenvalue weighted by atomic mass is 9.98. The number of morpholine rings is 1. The maximum atomic E-state index is 13.6. The molecule has 2 aliphatic rings. The number of quaternary nitrogens is 1. The number of ether oxygens (including phenoxy) is 2. The highest BCUT2D eigenvalue weighted by atomic mass is 35.5. The topological polar surface area (TPSA) is 73.4 Å². The van der Waals surface area contributed by atoms with Crippen LogP contribution in [0.1, 0.15) is 41.1 Å². The average Bonchev–Trinajstić information content (AvgIpc) is 3.13. The van der Waals surface area contributed by atoms with Gasteiger partial charge in [-0.3, -0.25) is 9.59 Å². The van der Waals surface area contributed by atoms with Crippen molar-refractivity contribution in [2.45, 2.75) is 19.4 Å². The number of carbonyl (C=O) groups is 1. The molecule has 0 bridgehead atoms. The summed E-state index contributed by atoms with van der Waals surface area (Å²) < 4.78 is 17.2. The summed E-state index contributed by atoms with van der Waals surface area (Å²) in [6, 6.07) is 12.0. The van der Waals surface area contributed by atoms with Gasteiger partial charge in [-0.1, -0.05) is 23.7 Å². The molecule has 1 aromatic heterocycles. The molecule has 1 saturated heterocycles. The summed E-state index contributed by atoms with van der Waals surface area (Å²) in [5.41, 5.74) is 1.33. The molecule has 1 amide bonds. The van der Waals surface area contributed by atoms with Gasteiger partial charge in [0.2, 0.25) is 5.76 Å². The minimum absolute atomic E-state index is 0.116. The van der Waals surface area contributed by atoms with Crippen molar-refractivity contribution in [2.75, 3.05) is 46.0 Å². The molecule has 8 heteroatoms. The summed E-state index contributed by atoms with van der Waals surface area (Å²) in [6.45, 7) is 7.39. The first kappa shape index (κ1) is 22.9. The lowest BCUT2D eigenvalue weighted by molar-refractivity contribution is -0.908. The summed E-state index contributed by atoms with van der Waals surface area (Å²) in [6.07, 6.45) is 0.816. The molecule has 34 heavy (non-hydrogen) atoms. The zero-order valence-corrected chi connectivity index (χ0v) is 19.9. The summed E-state index contributed by atoms with van der Waals surface area (Å²) in [5, 5.41) is 0.828. The molecule has 0 aliphatic carbocycles. The zero-order valence-electron chi connectivity index (χ0n) is 19.1. The van der Waals surface area contributed by atoms with Crippen LogP contribution in [0.4, 0.5) is 0 Å². The van der Waals surface area contributed by atoms with Crippen LogP contribution in [0.3, 0.4) is 0 Å². The molecule has 3 heterocycles. The van der Waals surface area contributed by atoms with Gasteiger partial charge in [0.05, 0.1) is 43.4 Å². The van der Waals surface area contributed by atoms with Gasteiger partial charge >= 0.3 is 0 Å². The first-order valence-electron chi connectivity index (χ1n) is 11.8. The van der Waals surface area contributed by atoms with E-state index in [1.807, 2.05) is 31.2 Å². The van der Waals surface area contributed by atoms with Gasteiger partial charge in [-0.2, -0.15) is 0 Å². The van der Waals surface area contributed by atoms with Crippen molar-refractivity contribution in [1.29, 1.82) is 0 Å². The number of hydrogen-bond donors (Lipinski definition) is 1. The van der Waals surface area contributed by atoms with Gasteiger partial charge in [-0.05, 0) is 42.8 Å². The molecule has 0 saturated carbocycles. The standard InChI is InChI=1S/C26H27ClN2O5/c1-2-33-19-6-3-5-17(15-19)23-22-24(30)20-16-18(27)7-8-21(20)34-25(22)26(31)29(23)10-4-9-28-11-13-32-14-12-28/h3,5-8,15-16,23H,2,4,9-14H2,1H3/p+1/t23-/m1/s1. The molecular weight excluding hydrogens is 456 g/mol. The van der Waals surface area contributed by atoms with Crippen LogP contribution < -0.4 is 15.1 Å². The number of amides is 1. The molecular formula is C26H28ClN2O5+. The Kier molecular flexibility index (Phi) is 6.59.